The summed E-state index contributed by atoms with van der Waals surface area (Å²) >= 11 is 0. The number of halogens is 1. The zero-order valence-electron chi connectivity index (χ0n) is 11.3. The van der Waals surface area contributed by atoms with Crippen molar-refractivity contribution < 1.29 is 19.4 Å². The number of rotatable bonds is 6. The molecule has 0 fully saturated rings. The van der Waals surface area contributed by atoms with Gasteiger partial charge in [-0.1, -0.05) is 12.1 Å². The second-order valence-electron chi connectivity index (χ2n) is 4.69. The van der Waals surface area contributed by atoms with Crippen LogP contribution in [0.2, 0.25) is 0 Å². The van der Waals surface area contributed by atoms with Crippen LogP contribution in [0.15, 0.2) is 42.5 Å². The van der Waals surface area contributed by atoms with Crippen LogP contribution in [0.3, 0.4) is 0 Å². The fourth-order valence-electron chi connectivity index (χ4n) is 1.99. The predicted molar refractivity (Wildman–Crippen MR) is 78.3 cm³/mol. The molecule has 0 atom stereocenters. The van der Waals surface area contributed by atoms with Crippen molar-refractivity contribution in [2.75, 3.05) is 11.9 Å². The maximum Gasteiger partial charge on any atom is 0.339 e. The minimum atomic E-state index is -1.16. The number of carboxylic acid groups (broad SMARTS) is 1. The zero-order valence-corrected chi connectivity index (χ0v) is 11.3. The molecule has 0 saturated heterocycles. The predicted octanol–water partition coefficient (Wildman–Crippen LogP) is 3.27. The van der Waals surface area contributed by atoms with Gasteiger partial charge in [-0.25, -0.2) is 9.18 Å². The van der Waals surface area contributed by atoms with Crippen LogP contribution in [0, 0.1) is 5.82 Å². The molecule has 0 amide bonds. The lowest BCUT2D eigenvalue weighted by Crippen LogP contribution is -2.05. The SMILES string of the molecule is O=C(O)c1cc(NCCCc2ccc(F)cc2)ccc1O. The molecule has 4 nitrogen and oxygen atoms in total. The van der Waals surface area contributed by atoms with Crippen LogP contribution in [0.1, 0.15) is 22.3 Å². The zero-order chi connectivity index (χ0) is 15.2. The quantitative estimate of drug-likeness (QED) is 0.564. The molecular formula is C16H16FNO3. The Morgan fingerprint density at radius 1 is 1.14 bits per heavy atom. The Morgan fingerprint density at radius 3 is 2.52 bits per heavy atom. The normalized spacial score (nSPS) is 10.3. The van der Waals surface area contributed by atoms with Crippen LogP contribution in [0.5, 0.6) is 5.75 Å². The van der Waals surface area contributed by atoms with Gasteiger partial charge in [-0.2, -0.15) is 0 Å². The molecule has 0 saturated carbocycles. The third-order valence-corrected chi connectivity index (χ3v) is 3.11. The Bertz CT molecular complexity index is 626. The number of hydrogen-bond acceptors (Lipinski definition) is 3. The van der Waals surface area contributed by atoms with E-state index in [1.165, 1.54) is 24.3 Å². The fraction of sp³-hybridized carbons (Fsp3) is 0.188. The first-order chi connectivity index (χ1) is 10.1. The van der Waals surface area contributed by atoms with Gasteiger partial charge in [-0.05, 0) is 48.7 Å². The third-order valence-electron chi connectivity index (χ3n) is 3.11. The third kappa shape index (κ3) is 4.21. The van der Waals surface area contributed by atoms with E-state index >= 15 is 0 Å². The van der Waals surface area contributed by atoms with Gasteiger partial charge in [-0.3, -0.25) is 0 Å². The number of phenols is 1. The van der Waals surface area contributed by atoms with Gasteiger partial charge in [0, 0.05) is 12.2 Å². The fourth-order valence-corrected chi connectivity index (χ4v) is 1.99. The molecule has 0 spiro atoms. The number of nitrogens with one attached hydrogen (secondary N) is 1. The van der Waals surface area contributed by atoms with E-state index < -0.39 is 5.97 Å². The molecule has 21 heavy (non-hydrogen) atoms. The standard InChI is InChI=1S/C16H16FNO3/c17-12-5-3-11(4-6-12)2-1-9-18-13-7-8-15(19)14(10-13)16(20)21/h3-8,10,18-19H,1-2,9H2,(H,20,21). The van der Waals surface area contributed by atoms with Gasteiger partial charge >= 0.3 is 5.97 Å². The number of hydrogen-bond donors (Lipinski definition) is 3. The first kappa shape index (κ1) is 14.8. The minimum Gasteiger partial charge on any atom is -0.507 e. The van der Waals surface area contributed by atoms with Crippen molar-refractivity contribution in [1.29, 1.82) is 0 Å². The second-order valence-corrected chi connectivity index (χ2v) is 4.69. The Hall–Kier alpha value is -2.56. The van der Waals surface area contributed by atoms with Crippen molar-refractivity contribution in [3.63, 3.8) is 0 Å². The van der Waals surface area contributed by atoms with E-state index in [1.807, 2.05) is 0 Å². The van der Waals surface area contributed by atoms with Crippen LogP contribution in [0.4, 0.5) is 10.1 Å². The first-order valence-electron chi connectivity index (χ1n) is 6.61. The average Bonchev–Trinajstić information content (AvgIpc) is 2.46. The van der Waals surface area contributed by atoms with Crippen LogP contribution in [-0.2, 0) is 6.42 Å². The molecule has 0 aliphatic rings. The Morgan fingerprint density at radius 2 is 1.86 bits per heavy atom. The minimum absolute atomic E-state index is 0.126. The number of aryl methyl sites for hydroxylation is 1. The van der Waals surface area contributed by atoms with Crippen LogP contribution in [-0.4, -0.2) is 22.7 Å². The Kier molecular flexibility index (Phi) is 4.77. The van der Waals surface area contributed by atoms with E-state index in [4.69, 9.17) is 5.11 Å². The van der Waals surface area contributed by atoms with Crippen molar-refractivity contribution >= 4 is 11.7 Å². The number of carboxylic acids is 1. The highest BCUT2D eigenvalue weighted by Gasteiger charge is 2.09. The number of carbonyl (C=O) groups is 1. The number of aromatic hydroxyl groups is 1. The molecule has 0 unspecified atom stereocenters. The van der Waals surface area contributed by atoms with Crippen molar-refractivity contribution in [2.24, 2.45) is 0 Å². The van der Waals surface area contributed by atoms with E-state index in [0.29, 0.717) is 12.2 Å². The summed E-state index contributed by atoms with van der Waals surface area (Å²) in [6.45, 7) is 0.654. The van der Waals surface area contributed by atoms with E-state index in [9.17, 15) is 14.3 Å². The van der Waals surface area contributed by atoms with Crippen molar-refractivity contribution in [3.8, 4) is 5.75 Å². The number of aromatic carboxylic acids is 1. The molecule has 0 radical (unpaired) electrons. The Balaban J connectivity index is 1.85. The summed E-state index contributed by atoms with van der Waals surface area (Å²) < 4.78 is 12.8. The molecule has 2 rings (SSSR count). The van der Waals surface area contributed by atoms with Crippen LogP contribution in [0.25, 0.3) is 0 Å². The van der Waals surface area contributed by atoms with Crippen molar-refractivity contribution in [3.05, 3.63) is 59.4 Å². The molecule has 2 aromatic rings. The van der Waals surface area contributed by atoms with Gasteiger partial charge in [0.2, 0.25) is 0 Å². The summed E-state index contributed by atoms with van der Waals surface area (Å²) in [5.41, 5.74) is 1.57. The molecule has 2 aromatic carbocycles. The van der Waals surface area contributed by atoms with Crippen LogP contribution >= 0.6 is 0 Å². The highest BCUT2D eigenvalue weighted by atomic mass is 19.1. The lowest BCUT2D eigenvalue weighted by atomic mass is 10.1. The second kappa shape index (κ2) is 6.74. The Labute approximate surface area is 121 Å². The lowest BCUT2D eigenvalue weighted by molar-refractivity contribution is 0.0694. The van der Waals surface area contributed by atoms with Gasteiger partial charge < -0.3 is 15.5 Å². The van der Waals surface area contributed by atoms with Gasteiger partial charge in [0.25, 0.3) is 0 Å². The molecule has 0 bridgehead atoms. The topological polar surface area (TPSA) is 69.6 Å². The monoisotopic (exact) mass is 289 g/mol. The van der Waals surface area contributed by atoms with Gasteiger partial charge in [0.1, 0.15) is 17.1 Å². The van der Waals surface area contributed by atoms with Crippen molar-refractivity contribution in [2.45, 2.75) is 12.8 Å². The average molecular weight is 289 g/mol. The van der Waals surface area contributed by atoms with Gasteiger partial charge in [-0.15, -0.1) is 0 Å². The summed E-state index contributed by atoms with van der Waals surface area (Å²) in [6, 6.07) is 10.7. The highest BCUT2D eigenvalue weighted by molar-refractivity contribution is 5.91. The van der Waals surface area contributed by atoms with Gasteiger partial charge in [0.15, 0.2) is 0 Å². The smallest absolute Gasteiger partial charge is 0.339 e. The van der Waals surface area contributed by atoms with E-state index in [-0.39, 0.29) is 17.1 Å². The molecule has 0 aromatic heterocycles. The summed E-state index contributed by atoms with van der Waals surface area (Å²) in [5.74, 6) is -1.66. The first-order valence-corrected chi connectivity index (χ1v) is 6.61. The summed E-state index contributed by atoms with van der Waals surface area (Å²) in [6.07, 6.45) is 1.63. The molecule has 0 aliphatic carbocycles. The van der Waals surface area contributed by atoms with Crippen molar-refractivity contribution in [1.82, 2.24) is 0 Å². The van der Waals surface area contributed by atoms with E-state index in [0.717, 1.165) is 18.4 Å². The number of benzene rings is 2. The van der Waals surface area contributed by atoms with Crippen LogP contribution < -0.4 is 5.32 Å². The largest absolute Gasteiger partial charge is 0.507 e. The summed E-state index contributed by atoms with van der Waals surface area (Å²) in [5, 5.41) is 21.4. The molecule has 0 heterocycles. The summed E-state index contributed by atoms with van der Waals surface area (Å²) in [4.78, 5) is 10.9. The maximum absolute atomic E-state index is 12.8. The number of anilines is 1. The summed E-state index contributed by atoms with van der Waals surface area (Å²) in [7, 11) is 0. The highest BCUT2D eigenvalue weighted by Crippen LogP contribution is 2.21. The van der Waals surface area contributed by atoms with Gasteiger partial charge in [0.05, 0.1) is 0 Å². The maximum atomic E-state index is 12.8. The van der Waals surface area contributed by atoms with E-state index in [1.54, 1.807) is 18.2 Å². The lowest BCUT2D eigenvalue weighted by Gasteiger charge is -2.08. The molecule has 5 heteroatoms. The molecule has 110 valence electrons. The molecular weight excluding hydrogens is 273 g/mol. The molecule has 0 aliphatic heterocycles. The molecule has 3 N–H and O–H groups in total. The van der Waals surface area contributed by atoms with E-state index in [2.05, 4.69) is 5.32 Å².